The van der Waals surface area contributed by atoms with E-state index in [1.807, 2.05) is 37.3 Å². The van der Waals surface area contributed by atoms with Crippen molar-refractivity contribution in [3.8, 4) is 17.5 Å². The number of carbonyl (C=O) groups is 1. The maximum Gasteiger partial charge on any atom is 0.257 e. The number of aromatic nitrogens is 7. The second kappa shape index (κ2) is 8.12. The van der Waals surface area contributed by atoms with E-state index in [2.05, 4.69) is 42.4 Å². The van der Waals surface area contributed by atoms with Gasteiger partial charge in [0, 0.05) is 29.8 Å². The van der Waals surface area contributed by atoms with Crippen LogP contribution in [0.5, 0.6) is 0 Å². The Morgan fingerprint density at radius 2 is 1.91 bits per heavy atom. The van der Waals surface area contributed by atoms with Crippen LogP contribution in [-0.4, -0.2) is 40.3 Å². The third-order valence-corrected chi connectivity index (χ3v) is 4.65. The van der Waals surface area contributed by atoms with Gasteiger partial charge in [0.1, 0.15) is 18.3 Å². The second-order valence-electron chi connectivity index (χ2n) is 7.03. The average molecular weight is 420 g/mol. The molecule has 32 heavy (non-hydrogen) atoms. The largest absolute Gasteiger partial charge is 0.322 e. The van der Waals surface area contributed by atoms with Crippen LogP contribution >= 0.6 is 0 Å². The molecule has 0 saturated heterocycles. The first-order valence-electron chi connectivity index (χ1n) is 9.69. The summed E-state index contributed by atoms with van der Waals surface area (Å²) < 4.78 is 3.43. The van der Waals surface area contributed by atoms with Crippen molar-refractivity contribution in [1.29, 1.82) is 0 Å². The molecule has 1 aromatic carbocycles. The van der Waals surface area contributed by atoms with Crippen LogP contribution in [0.15, 0.2) is 73.8 Å². The van der Waals surface area contributed by atoms with Crippen LogP contribution in [0.4, 0.5) is 5.69 Å². The first-order valence-corrected chi connectivity index (χ1v) is 9.69. The lowest BCUT2D eigenvalue weighted by Crippen LogP contribution is -2.13. The van der Waals surface area contributed by atoms with Gasteiger partial charge in [-0.3, -0.25) is 14.3 Å². The Morgan fingerprint density at radius 1 is 1.03 bits per heavy atom. The summed E-state index contributed by atoms with van der Waals surface area (Å²) in [6, 6.07) is 11.1. The molecule has 0 aliphatic heterocycles. The fraction of sp³-hybridized carbons (Fsp3) is 0.0435. The number of amides is 1. The summed E-state index contributed by atoms with van der Waals surface area (Å²) in [5.41, 5.74) is 4.88. The van der Waals surface area contributed by atoms with Crippen molar-refractivity contribution < 1.29 is 4.79 Å². The predicted octanol–water partition coefficient (Wildman–Crippen LogP) is 2.67. The lowest BCUT2D eigenvalue weighted by atomic mass is 10.1. The average Bonchev–Trinajstić information content (AvgIpc) is 3.48. The molecule has 0 unspecified atom stereocenters. The SMILES string of the molecule is Cc1cc(NC(=O)c2cncc(C#Cc3cnc4cccnn34)c2)cc(-n2cnnc2)c1. The number of imidazole rings is 1. The molecule has 9 nitrogen and oxygen atoms in total. The summed E-state index contributed by atoms with van der Waals surface area (Å²) in [4.78, 5) is 21.3. The number of nitrogens with one attached hydrogen (secondary N) is 1. The smallest absolute Gasteiger partial charge is 0.257 e. The number of aryl methyl sites for hydroxylation is 1. The molecule has 0 saturated carbocycles. The van der Waals surface area contributed by atoms with E-state index >= 15 is 0 Å². The van der Waals surface area contributed by atoms with Gasteiger partial charge in [0.05, 0.1) is 17.4 Å². The summed E-state index contributed by atoms with van der Waals surface area (Å²) in [7, 11) is 0. The zero-order valence-electron chi connectivity index (χ0n) is 17.0. The van der Waals surface area contributed by atoms with Gasteiger partial charge in [0.15, 0.2) is 5.65 Å². The maximum atomic E-state index is 12.8. The van der Waals surface area contributed by atoms with Crippen molar-refractivity contribution in [3.05, 3.63) is 96.2 Å². The van der Waals surface area contributed by atoms with Gasteiger partial charge < -0.3 is 5.32 Å². The summed E-state index contributed by atoms with van der Waals surface area (Å²) >= 11 is 0. The van der Waals surface area contributed by atoms with E-state index in [1.165, 1.54) is 6.20 Å². The minimum atomic E-state index is -0.280. The van der Waals surface area contributed by atoms with Crippen molar-refractivity contribution in [2.75, 3.05) is 5.32 Å². The molecule has 0 aliphatic carbocycles. The quantitative estimate of drug-likeness (QED) is 0.450. The number of carbonyl (C=O) groups excluding carboxylic acids is 1. The Bertz CT molecular complexity index is 1490. The number of pyridine rings is 1. The number of benzene rings is 1. The highest BCUT2D eigenvalue weighted by molar-refractivity contribution is 6.04. The molecule has 4 heterocycles. The van der Waals surface area contributed by atoms with E-state index in [-0.39, 0.29) is 5.91 Å². The predicted molar refractivity (Wildman–Crippen MR) is 117 cm³/mol. The van der Waals surface area contributed by atoms with E-state index < -0.39 is 0 Å². The molecular weight excluding hydrogens is 404 g/mol. The van der Waals surface area contributed by atoms with Crippen LogP contribution in [-0.2, 0) is 0 Å². The lowest BCUT2D eigenvalue weighted by molar-refractivity contribution is 0.102. The van der Waals surface area contributed by atoms with Gasteiger partial charge >= 0.3 is 0 Å². The van der Waals surface area contributed by atoms with Gasteiger partial charge in [0.2, 0.25) is 0 Å². The topological polar surface area (TPSA) is 103 Å². The van der Waals surface area contributed by atoms with Gasteiger partial charge in [-0.1, -0.05) is 5.92 Å². The summed E-state index contributed by atoms with van der Waals surface area (Å²) in [6.07, 6.45) is 9.65. The van der Waals surface area contributed by atoms with E-state index in [9.17, 15) is 4.79 Å². The van der Waals surface area contributed by atoms with Crippen molar-refractivity contribution in [2.24, 2.45) is 0 Å². The Morgan fingerprint density at radius 3 is 2.78 bits per heavy atom. The molecule has 154 valence electrons. The fourth-order valence-corrected chi connectivity index (χ4v) is 3.20. The van der Waals surface area contributed by atoms with Crippen LogP contribution in [0.3, 0.4) is 0 Å². The number of rotatable bonds is 3. The zero-order valence-corrected chi connectivity index (χ0v) is 17.0. The highest BCUT2D eigenvalue weighted by Crippen LogP contribution is 2.18. The van der Waals surface area contributed by atoms with E-state index in [0.717, 1.165) is 11.3 Å². The molecule has 9 heteroatoms. The van der Waals surface area contributed by atoms with Crippen molar-refractivity contribution >= 4 is 17.2 Å². The van der Waals surface area contributed by atoms with Gasteiger partial charge in [-0.25, -0.2) is 9.50 Å². The van der Waals surface area contributed by atoms with Crippen LogP contribution in [0.25, 0.3) is 11.3 Å². The third-order valence-electron chi connectivity index (χ3n) is 4.65. The first kappa shape index (κ1) is 19.1. The van der Waals surface area contributed by atoms with Crippen molar-refractivity contribution in [1.82, 2.24) is 34.3 Å². The molecule has 1 N–H and O–H groups in total. The van der Waals surface area contributed by atoms with Crippen LogP contribution < -0.4 is 5.32 Å². The molecule has 0 bridgehead atoms. The maximum absolute atomic E-state index is 12.8. The van der Waals surface area contributed by atoms with Gasteiger partial charge in [-0.15, -0.1) is 10.2 Å². The Balaban J connectivity index is 1.38. The lowest BCUT2D eigenvalue weighted by Gasteiger charge is -2.09. The number of fused-ring (bicyclic) bond motifs is 1. The summed E-state index contributed by atoms with van der Waals surface area (Å²) in [5.74, 6) is 5.78. The highest BCUT2D eigenvalue weighted by atomic mass is 16.1. The minimum Gasteiger partial charge on any atom is -0.322 e. The molecule has 4 aromatic heterocycles. The standard InChI is InChI=1S/C23H16N8O/c1-16-7-19(10-21(8-16)30-14-26-27-15-30)29-23(32)18-9-17(11-24-12-18)4-5-20-13-25-22-3-2-6-28-31(20)22/h2-3,6-15H,1H3,(H,29,32). The van der Waals surface area contributed by atoms with E-state index in [1.54, 1.807) is 46.4 Å². The fourth-order valence-electron chi connectivity index (χ4n) is 3.20. The Labute approximate surface area is 182 Å². The monoisotopic (exact) mass is 420 g/mol. The highest BCUT2D eigenvalue weighted by Gasteiger charge is 2.09. The molecule has 1 amide bonds. The number of hydrogen-bond donors (Lipinski definition) is 1. The van der Waals surface area contributed by atoms with Gasteiger partial charge in [0.25, 0.3) is 5.91 Å². The summed E-state index contributed by atoms with van der Waals surface area (Å²) in [5, 5.41) is 14.8. The molecular formula is C23H16N8O. The normalized spacial score (nSPS) is 10.5. The van der Waals surface area contributed by atoms with Crippen LogP contribution in [0.1, 0.15) is 27.2 Å². The first-order chi connectivity index (χ1) is 15.7. The number of hydrogen-bond acceptors (Lipinski definition) is 6. The molecule has 0 spiro atoms. The molecule has 0 atom stereocenters. The van der Waals surface area contributed by atoms with E-state index in [0.29, 0.717) is 28.2 Å². The van der Waals surface area contributed by atoms with Crippen LogP contribution in [0.2, 0.25) is 0 Å². The molecule has 5 rings (SSSR count). The van der Waals surface area contributed by atoms with E-state index in [4.69, 9.17) is 0 Å². The van der Waals surface area contributed by atoms with Gasteiger partial charge in [-0.05, 0) is 54.8 Å². The summed E-state index contributed by atoms with van der Waals surface area (Å²) in [6.45, 7) is 1.95. The van der Waals surface area contributed by atoms with Gasteiger partial charge in [-0.2, -0.15) is 5.10 Å². The molecule has 5 aromatic rings. The number of anilines is 1. The molecule has 0 fully saturated rings. The minimum absolute atomic E-state index is 0.280. The molecule has 0 aliphatic rings. The zero-order chi connectivity index (χ0) is 21.9. The second-order valence-corrected chi connectivity index (χ2v) is 7.03. The Kier molecular flexibility index (Phi) is 4.86. The molecule has 0 radical (unpaired) electrons. The Hall–Kier alpha value is -4.84. The third kappa shape index (κ3) is 3.93. The van der Waals surface area contributed by atoms with Crippen molar-refractivity contribution in [2.45, 2.75) is 6.92 Å². The van der Waals surface area contributed by atoms with Crippen molar-refractivity contribution in [3.63, 3.8) is 0 Å². The number of nitrogens with zero attached hydrogens (tertiary/aromatic N) is 7. The van der Waals surface area contributed by atoms with Crippen LogP contribution in [0, 0.1) is 18.8 Å².